The Morgan fingerprint density at radius 1 is 1.00 bits per heavy atom. The molecular formula is C13H23NO4. The van der Waals surface area contributed by atoms with Gasteiger partial charge in [-0.3, -0.25) is 9.59 Å². The molecule has 1 rings (SSSR count). The number of ether oxygens (including phenoxy) is 2. The van der Waals surface area contributed by atoms with Crippen molar-refractivity contribution in [2.24, 2.45) is 0 Å². The maximum absolute atomic E-state index is 11.2. The maximum atomic E-state index is 11.2. The van der Waals surface area contributed by atoms with Crippen molar-refractivity contribution in [3.8, 4) is 0 Å². The third-order valence-corrected chi connectivity index (χ3v) is 3.48. The summed E-state index contributed by atoms with van der Waals surface area (Å²) in [6, 6.07) is 0.283. The van der Waals surface area contributed by atoms with Crippen molar-refractivity contribution in [3.63, 3.8) is 0 Å². The third kappa shape index (κ3) is 5.04. The minimum Gasteiger partial charge on any atom is -0.469 e. The molecular weight excluding hydrogens is 234 g/mol. The van der Waals surface area contributed by atoms with Crippen LogP contribution in [0.4, 0.5) is 0 Å². The Bertz CT molecular complexity index is 254. The van der Waals surface area contributed by atoms with Crippen molar-refractivity contribution in [3.05, 3.63) is 0 Å². The molecule has 0 aromatic rings. The van der Waals surface area contributed by atoms with Gasteiger partial charge < -0.3 is 14.4 Å². The molecule has 1 heterocycles. The number of methoxy groups -OCH3 is 2. The molecule has 0 amide bonds. The maximum Gasteiger partial charge on any atom is 0.305 e. The molecule has 18 heavy (non-hydrogen) atoms. The smallest absolute Gasteiger partial charge is 0.305 e. The predicted molar refractivity (Wildman–Crippen MR) is 67.1 cm³/mol. The van der Waals surface area contributed by atoms with Crippen LogP contribution in [0.25, 0.3) is 0 Å². The quantitative estimate of drug-likeness (QED) is 0.644. The second kappa shape index (κ2) is 8.08. The number of esters is 2. The number of carbonyl (C=O) groups is 2. The number of rotatable bonds is 7. The largest absolute Gasteiger partial charge is 0.469 e. The van der Waals surface area contributed by atoms with Crippen LogP contribution in [0.2, 0.25) is 0 Å². The van der Waals surface area contributed by atoms with Crippen molar-refractivity contribution in [2.75, 3.05) is 27.3 Å². The molecule has 5 heteroatoms. The summed E-state index contributed by atoms with van der Waals surface area (Å²) in [5.74, 6) is -0.366. The van der Waals surface area contributed by atoms with Crippen LogP contribution < -0.4 is 0 Å². The van der Waals surface area contributed by atoms with E-state index in [-0.39, 0.29) is 18.0 Å². The molecule has 0 saturated carbocycles. The van der Waals surface area contributed by atoms with E-state index < -0.39 is 0 Å². The first kappa shape index (κ1) is 15.0. The molecule has 0 spiro atoms. The first-order valence-corrected chi connectivity index (χ1v) is 6.55. The van der Waals surface area contributed by atoms with E-state index in [0.717, 1.165) is 25.9 Å². The Kier molecular flexibility index (Phi) is 6.72. The third-order valence-electron chi connectivity index (χ3n) is 3.48. The number of likely N-dealkylation sites (tertiary alicyclic amines) is 1. The second-order valence-electron chi connectivity index (χ2n) is 4.63. The highest BCUT2D eigenvalue weighted by Crippen LogP contribution is 2.19. The summed E-state index contributed by atoms with van der Waals surface area (Å²) < 4.78 is 9.32. The zero-order chi connectivity index (χ0) is 13.4. The van der Waals surface area contributed by atoms with Gasteiger partial charge in [-0.15, -0.1) is 0 Å². The van der Waals surface area contributed by atoms with Crippen molar-refractivity contribution >= 4 is 11.9 Å². The highest BCUT2D eigenvalue weighted by atomic mass is 16.5. The topological polar surface area (TPSA) is 55.8 Å². The van der Waals surface area contributed by atoms with E-state index in [2.05, 4.69) is 14.4 Å². The Labute approximate surface area is 108 Å². The van der Waals surface area contributed by atoms with Gasteiger partial charge in [0.15, 0.2) is 0 Å². The molecule has 0 atom stereocenters. The van der Waals surface area contributed by atoms with Crippen LogP contribution in [0.5, 0.6) is 0 Å². The molecule has 0 unspecified atom stereocenters. The highest BCUT2D eigenvalue weighted by Gasteiger charge is 2.23. The molecule has 0 radical (unpaired) electrons. The van der Waals surface area contributed by atoms with Gasteiger partial charge in [0.2, 0.25) is 0 Å². The zero-order valence-electron chi connectivity index (χ0n) is 11.3. The molecule has 1 aliphatic rings. The second-order valence-corrected chi connectivity index (χ2v) is 4.63. The van der Waals surface area contributed by atoms with Crippen LogP contribution in [0.1, 0.15) is 38.5 Å². The Balaban J connectivity index is 2.40. The molecule has 0 aromatic heterocycles. The van der Waals surface area contributed by atoms with E-state index in [1.807, 2.05) is 0 Å². The first-order chi connectivity index (χ1) is 8.67. The summed E-state index contributed by atoms with van der Waals surface area (Å²) in [5.41, 5.74) is 0. The Morgan fingerprint density at radius 2 is 1.44 bits per heavy atom. The lowest BCUT2D eigenvalue weighted by atomic mass is 10.0. The van der Waals surface area contributed by atoms with Crippen molar-refractivity contribution < 1.29 is 19.1 Å². The average Bonchev–Trinajstić information content (AvgIpc) is 2.91. The highest BCUT2D eigenvalue weighted by molar-refractivity contribution is 5.69. The van der Waals surface area contributed by atoms with Crippen LogP contribution >= 0.6 is 0 Å². The molecule has 1 aliphatic heterocycles. The summed E-state index contributed by atoms with van der Waals surface area (Å²) in [6.07, 6.45) is 4.74. The van der Waals surface area contributed by atoms with E-state index in [1.165, 1.54) is 27.1 Å². The summed E-state index contributed by atoms with van der Waals surface area (Å²) >= 11 is 0. The summed E-state index contributed by atoms with van der Waals surface area (Å²) in [6.45, 7) is 2.13. The summed E-state index contributed by atoms with van der Waals surface area (Å²) in [4.78, 5) is 24.8. The van der Waals surface area contributed by atoms with E-state index in [0.29, 0.717) is 12.8 Å². The van der Waals surface area contributed by atoms with Gasteiger partial charge in [-0.25, -0.2) is 0 Å². The fourth-order valence-electron chi connectivity index (χ4n) is 2.39. The molecule has 1 fully saturated rings. The van der Waals surface area contributed by atoms with Crippen molar-refractivity contribution in [1.82, 2.24) is 4.90 Å². The molecule has 0 aliphatic carbocycles. The molecule has 0 aromatic carbocycles. The fraction of sp³-hybridized carbons (Fsp3) is 0.846. The molecule has 104 valence electrons. The van der Waals surface area contributed by atoms with Crippen molar-refractivity contribution in [1.29, 1.82) is 0 Å². The molecule has 5 nitrogen and oxygen atoms in total. The van der Waals surface area contributed by atoms with Gasteiger partial charge >= 0.3 is 11.9 Å². The van der Waals surface area contributed by atoms with Gasteiger partial charge in [0.1, 0.15) is 0 Å². The van der Waals surface area contributed by atoms with Gasteiger partial charge in [-0.1, -0.05) is 0 Å². The minimum atomic E-state index is -0.183. The Morgan fingerprint density at radius 3 is 1.83 bits per heavy atom. The first-order valence-electron chi connectivity index (χ1n) is 6.55. The van der Waals surface area contributed by atoms with Crippen LogP contribution in [-0.2, 0) is 19.1 Å². The lowest BCUT2D eigenvalue weighted by Crippen LogP contribution is -2.33. The van der Waals surface area contributed by atoms with Gasteiger partial charge in [0, 0.05) is 18.9 Å². The number of hydrogen-bond acceptors (Lipinski definition) is 5. The molecule has 0 N–H and O–H groups in total. The lowest BCUT2D eigenvalue weighted by Gasteiger charge is -2.26. The Hall–Kier alpha value is -1.10. The lowest BCUT2D eigenvalue weighted by molar-refractivity contribution is -0.141. The fourth-order valence-corrected chi connectivity index (χ4v) is 2.39. The predicted octanol–water partition coefficient (Wildman–Crippen LogP) is 1.36. The number of hydrogen-bond donors (Lipinski definition) is 0. The molecule has 0 bridgehead atoms. The van der Waals surface area contributed by atoms with Gasteiger partial charge in [-0.05, 0) is 38.8 Å². The van der Waals surface area contributed by atoms with E-state index in [1.54, 1.807) is 0 Å². The van der Waals surface area contributed by atoms with Gasteiger partial charge in [-0.2, -0.15) is 0 Å². The standard InChI is InChI=1S/C13H23NO4/c1-17-12(15)7-5-11(6-8-13(16)18-2)14-9-3-4-10-14/h11H,3-10H2,1-2H3. The van der Waals surface area contributed by atoms with Crippen LogP contribution in [0, 0.1) is 0 Å². The zero-order valence-corrected chi connectivity index (χ0v) is 11.3. The van der Waals surface area contributed by atoms with Crippen LogP contribution in [0.3, 0.4) is 0 Å². The molecule has 1 saturated heterocycles. The van der Waals surface area contributed by atoms with E-state index in [4.69, 9.17) is 0 Å². The van der Waals surface area contributed by atoms with Crippen LogP contribution in [0.15, 0.2) is 0 Å². The minimum absolute atomic E-state index is 0.183. The average molecular weight is 257 g/mol. The van der Waals surface area contributed by atoms with Gasteiger partial charge in [0.25, 0.3) is 0 Å². The normalized spacial score (nSPS) is 15.9. The monoisotopic (exact) mass is 257 g/mol. The van der Waals surface area contributed by atoms with Crippen LogP contribution in [-0.4, -0.2) is 50.2 Å². The summed E-state index contributed by atoms with van der Waals surface area (Å²) in [5, 5.41) is 0. The van der Waals surface area contributed by atoms with Gasteiger partial charge in [0.05, 0.1) is 14.2 Å². The number of nitrogens with zero attached hydrogens (tertiary/aromatic N) is 1. The summed E-state index contributed by atoms with van der Waals surface area (Å²) in [7, 11) is 2.81. The van der Waals surface area contributed by atoms with E-state index in [9.17, 15) is 9.59 Å². The van der Waals surface area contributed by atoms with Crippen molar-refractivity contribution in [2.45, 2.75) is 44.6 Å². The number of carbonyl (C=O) groups excluding carboxylic acids is 2. The van der Waals surface area contributed by atoms with E-state index >= 15 is 0 Å². The SMILES string of the molecule is COC(=O)CCC(CCC(=O)OC)N1CCCC1.